The summed E-state index contributed by atoms with van der Waals surface area (Å²) in [6, 6.07) is 24.6. The molecule has 0 spiro atoms. The lowest BCUT2D eigenvalue weighted by atomic mass is 10.2. The smallest absolute Gasteiger partial charge is 0.269 e. The fourth-order valence-electron chi connectivity index (χ4n) is 2.86. The number of nitriles is 1. The minimum absolute atomic E-state index is 0.147. The zero-order valence-corrected chi connectivity index (χ0v) is 14.6. The van der Waals surface area contributed by atoms with Crippen LogP contribution in [0.1, 0.15) is 5.56 Å². The van der Waals surface area contributed by atoms with Crippen LogP contribution in [-0.4, -0.2) is 12.5 Å². The van der Waals surface area contributed by atoms with Gasteiger partial charge in [0.25, 0.3) is 5.91 Å². The molecule has 0 bridgehead atoms. The van der Waals surface area contributed by atoms with Crippen LogP contribution in [0.3, 0.4) is 0 Å². The van der Waals surface area contributed by atoms with E-state index in [4.69, 9.17) is 10.00 Å². The van der Waals surface area contributed by atoms with Gasteiger partial charge in [0.15, 0.2) is 6.61 Å². The number of fused-ring (bicyclic) bond motifs is 2. The standard InChI is InChI=1S/C21H14N2O2S/c22-13-15-7-1-4-10-18(15)25-14-21(24)23-16-8-2-5-11-19(16)26-20-12-6-3-9-17(20)23/h1-12H,14H2. The summed E-state index contributed by atoms with van der Waals surface area (Å²) in [5.74, 6) is 0.231. The van der Waals surface area contributed by atoms with Crippen molar-refractivity contribution in [3.05, 3.63) is 78.4 Å². The van der Waals surface area contributed by atoms with Crippen molar-refractivity contribution in [2.75, 3.05) is 11.5 Å². The summed E-state index contributed by atoms with van der Waals surface area (Å²) in [4.78, 5) is 16.7. The van der Waals surface area contributed by atoms with Crippen LogP contribution >= 0.6 is 11.8 Å². The van der Waals surface area contributed by atoms with Gasteiger partial charge in [-0.25, -0.2) is 0 Å². The molecule has 3 aromatic carbocycles. The number of hydrogen-bond acceptors (Lipinski definition) is 4. The van der Waals surface area contributed by atoms with E-state index in [0.717, 1.165) is 21.2 Å². The minimum atomic E-state index is -0.182. The molecular formula is C21H14N2O2S. The molecule has 3 aromatic rings. The molecule has 4 nitrogen and oxygen atoms in total. The van der Waals surface area contributed by atoms with E-state index >= 15 is 0 Å². The number of ether oxygens (including phenoxy) is 1. The zero-order valence-electron chi connectivity index (χ0n) is 13.8. The number of carbonyl (C=O) groups excluding carboxylic acids is 1. The Balaban J connectivity index is 1.65. The molecule has 0 fully saturated rings. The number of rotatable bonds is 3. The number of carbonyl (C=O) groups is 1. The van der Waals surface area contributed by atoms with Gasteiger partial charge in [0, 0.05) is 9.79 Å². The number of para-hydroxylation sites is 3. The highest BCUT2D eigenvalue weighted by molar-refractivity contribution is 7.99. The fourth-order valence-corrected chi connectivity index (χ4v) is 3.92. The average molecular weight is 358 g/mol. The summed E-state index contributed by atoms with van der Waals surface area (Å²) in [7, 11) is 0. The van der Waals surface area contributed by atoms with Gasteiger partial charge < -0.3 is 4.74 Å². The summed E-state index contributed by atoms with van der Waals surface area (Å²) < 4.78 is 5.65. The second kappa shape index (κ2) is 6.95. The molecule has 126 valence electrons. The molecule has 4 rings (SSSR count). The topological polar surface area (TPSA) is 53.3 Å². The molecule has 1 aliphatic rings. The van der Waals surface area contributed by atoms with E-state index in [1.54, 1.807) is 40.9 Å². The van der Waals surface area contributed by atoms with Gasteiger partial charge in [-0.15, -0.1) is 0 Å². The van der Waals surface area contributed by atoms with Gasteiger partial charge in [-0.1, -0.05) is 48.2 Å². The SMILES string of the molecule is N#Cc1ccccc1OCC(=O)N1c2ccccc2Sc2ccccc21. The lowest BCUT2D eigenvalue weighted by Gasteiger charge is -2.30. The van der Waals surface area contributed by atoms with Crippen LogP contribution in [0.5, 0.6) is 5.75 Å². The number of benzene rings is 3. The van der Waals surface area contributed by atoms with Gasteiger partial charge >= 0.3 is 0 Å². The monoisotopic (exact) mass is 358 g/mol. The highest BCUT2D eigenvalue weighted by Gasteiger charge is 2.28. The van der Waals surface area contributed by atoms with Gasteiger partial charge in [-0.3, -0.25) is 9.69 Å². The second-order valence-corrected chi connectivity index (χ2v) is 6.75. The van der Waals surface area contributed by atoms with Crippen LogP contribution in [0.25, 0.3) is 0 Å². The normalized spacial score (nSPS) is 11.9. The van der Waals surface area contributed by atoms with Crippen LogP contribution in [0.2, 0.25) is 0 Å². The van der Waals surface area contributed by atoms with Crippen LogP contribution in [-0.2, 0) is 4.79 Å². The first-order chi connectivity index (χ1) is 12.8. The molecule has 0 unspecified atom stereocenters. The van der Waals surface area contributed by atoms with Crippen molar-refractivity contribution >= 4 is 29.0 Å². The first kappa shape index (κ1) is 16.2. The van der Waals surface area contributed by atoms with Gasteiger partial charge in [0.1, 0.15) is 11.8 Å². The van der Waals surface area contributed by atoms with Crippen LogP contribution in [0, 0.1) is 11.3 Å². The summed E-state index contributed by atoms with van der Waals surface area (Å²) in [5.41, 5.74) is 2.10. The Morgan fingerprint density at radius 3 is 2.15 bits per heavy atom. The molecule has 1 heterocycles. The maximum Gasteiger partial charge on any atom is 0.269 e. The van der Waals surface area contributed by atoms with E-state index < -0.39 is 0 Å². The third-order valence-corrected chi connectivity index (χ3v) is 5.17. The average Bonchev–Trinajstić information content (AvgIpc) is 2.70. The lowest BCUT2D eigenvalue weighted by molar-refractivity contribution is -0.119. The molecule has 0 aromatic heterocycles. The molecule has 0 saturated carbocycles. The first-order valence-electron chi connectivity index (χ1n) is 8.09. The van der Waals surface area contributed by atoms with Crippen LogP contribution in [0.4, 0.5) is 11.4 Å². The summed E-state index contributed by atoms with van der Waals surface area (Å²) in [6.45, 7) is -0.147. The molecule has 26 heavy (non-hydrogen) atoms. The molecular weight excluding hydrogens is 344 g/mol. The van der Waals surface area contributed by atoms with Crippen LogP contribution in [0.15, 0.2) is 82.6 Å². The Morgan fingerprint density at radius 1 is 0.923 bits per heavy atom. The Hall–Kier alpha value is -3.23. The summed E-state index contributed by atoms with van der Waals surface area (Å²) in [6.07, 6.45) is 0. The maximum atomic E-state index is 13.0. The number of anilines is 2. The minimum Gasteiger partial charge on any atom is -0.482 e. The van der Waals surface area contributed by atoms with Crippen molar-refractivity contribution in [2.24, 2.45) is 0 Å². The van der Waals surface area contributed by atoms with E-state index in [1.807, 2.05) is 48.5 Å². The molecule has 0 aliphatic carbocycles. The third kappa shape index (κ3) is 2.92. The zero-order chi connectivity index (χ0) is 17.9. The molecule has 1 amide bonds. The Morgan fingerprint density at radius 2 is 1.50 bits per heavy atom. The molecule has 0 N–H and O–H groups in total. The molecule has 5 heteroatoms. The highest BCUT2D eigenvalue weighted by atomic mass is 32.2. The highest BCUT2D eigenvalue weighted by Crippen LogP contribution is 2.47. The quantitative estimate of drug-likeness (QED) is 0.677. The predicted molar refractivity (Wildman–Crippen MR) is 101 cm³/mol. The van der Waals surface area contributed by atoms with E-state index in [9.17, 15) is 4.79 Å². The van der Waals surface area contributed by atoms with Gasteiger partial charge in [0.2, 0.25) is 0 Å². The van der Waals surface area contributed by atoms with Gasteiger partial charge in [0.05, 0.1) is 16.9 Å². The Kier molecular flexibility index (Phi) is 4.34. The number of amides is 1. The van der Waals surface area contributed by atoms with E-state index in [2.05, 4.69) is 6.07 Å². The third-order valence-electron chi connectivity index (χ3n) is 4.04. The predicted octanol–water partition coefficient (Wildman–Crippen LogP) is 4.77. The number of hydrogen-bond donors (Lipinski definition) is 0. The Bertz CT molecular complexity index is 981. The van der Waals surface area contributed by atoms with Crippen molar-refractivity contribution in [1.29, 1.82) is 5.26 Å². The van der Waals surface area contributed by atoms with E-state index in [1.165, 1.54) is 0 Å². The van der Waals surface area contributed by atoms with Crippen LogP contribution < -0.4 is 9.64 Å². The second-order valence-electron chi connectivity index (χ2n) is 5.66. The van der Waals surface area contributed by atoms with Crippen molar-refractivity contribution in [1.82, 2.24) is 0 Å². The molecule has 1 aliphatic heterocycles. The van der Waals surface area contributed by atoms with E-state index in [-0.39, 0.29) is 12.5 Å². The summed E-state index contributed by atoms with van der Waals surface area (Å²) in [5, 5.41) is 9.16. The summed E-state index contributed by atoms with van der Waals surface area (Å²) >= 11 is 1.65. The number of nitrogens with zero attached hydrogens (tertiary/aromatic N) is 2. The van der Waals surface area contributed by atoms with Gasteiger partial charge in [-0.05, 0) is 36.4 Å². The largest absolute Gasteiger partial charge is 0.482 e. The molecule has 0 saturated heterocycles. The van der Waals surface area contributed by atoms with E-state index in [0.29, 0.717) is 11.3 Å². The fraction of sp³-hybridized carbons (Fsp3) is 0.0476. The van der Waals surface area contributed by atoms with Crippen molar-refractivity contribution in [3.63, 3.8) is 0 Å². The molecule has 0 atom stereocenters. The molecule has 0 radical (unpaired) electrons. The first-order valence-corrected chi connectivity index (χ1v) is 8.90. The maximum absolute atomic E-state index is 13.0. The van der Waals surface area contributed by atoms with Crippen molar-refractivity contribution in [3.8, 4) is 11.8 Å². The van der Waals surface area contributed by atoms with Crippen molar-refractivity contribution in [2.45, 2.75) is 9.79 Å². The Labute approximate surface area is 155 Å². The lowest BCUT2D eigenvalue weighted by Crippen LogP contribution is -2.32. The van der Waals surface area contributed by atoms with Crippen molar-refractivity contribution < 1.29 is 9.53 Å². The van der Waals surface area contributed by atoms with Gasteiger partial charge in [-0.2, -0.15) is 5.26 Å².